The van der Waals surface area contributed by atoms with Crippen molar-refractivity contribution >= 4 is 37.9 Å². The van der Waals surface area contributed by atoms with E-state index in [1.807, 2.05) is 31.2 Å². The molecule has 1 aliphatic heterocycles. The number of sulfonamides is 1. The van der Waals surface area contributed by atoms with Gasteiger partial charge in [0.25, 0.3) is 5.91 Å². The minimum absolute atomic E-state index is 0.0398. The van der Waals surface area contributed by atoms with Crippen LogP contribution in [-0.4, -0.2) is 32.9 Å². The predicted molar refractivity (Wildman–Crippen MR) is 107 cm³/mol. The Kier molecular flexibility index (Phi) is 5.41. The minimum Gasteiger partial charge on any atom is -0.488 e. The number of hydrogen-bond donors (Lipinski definition) is 1. The lowest BCUT2D eigenvalue weighted by atomic mass is 10.0. The largest absolute Gasteiger partial charge is 0.488 e. The lowest BCUT2D eigenvalue weighted by Gasteiger charge is -2.28. The number of carbonyl (C=O) groups is 1. The van der Waals surface area contributed by atoms with Crippen molar-refractivity contribution in [3.63, 3.8) is 0 Å². The van der Waals surface area contributed by atoms with Crippen LogP contribution in [0, 0.1) is 0 Å². The Hall–Kier alpha value is -2.16. The maximum Gasteiger partial charge on any atom is 0.253 e. The third kappa shape index (κ3) is 4.23. The Bertz CT molecular complexity index is 1020. The van der Waals surface area contributed by atoms with Crippen molar-refractivity contribution in [2.45, 2.75) is 17.9 Å². The topological polar surface area (TPSA) is 89.7 Å². The Morgan fingerprint density at radius 3 is 2.52 bits per heavy atom. The number of halogens is 1. The molecule has 2 aromatic rings. The van der Waals surface area contributed by atoms with Crippen LogP contribution in [0.15, 0.2) is 57.4 Å². The summed E-state index contributed by atoms with van der Waals surface area (Å²) in [7, 11) is -2.03. The molecular formula is C19H19BrN2O4S. The van der Waals surface area contributed by atoms with Crippen LogP contribution in [0.4, 0.5) is 0 Å². The molecule has 0 saturated carbocycles. The molecule has 8 heteroatoms. The summed E-state index contributed by atoms with van der Waals surface area (Å²) in [5.41, 5.74) is 2.20. The normalized spacial score (nSPS) is 14.6. The van der Waals surface area contributed by atoms with Gasteiger partial charge in [0.1, 0.15) is 12.4 Å². The number of hydrogen-bond acceptors (Lipinski definition) is 4. The first-order chi connectivity index (χ1) is 12.7. The number of benzene rings is 2. The second-order valence-electron chi connectivity index (χ2n) is 6.35. The smallest absolute Gasteiger partial charge is 0.253 e. The van der Waals surface area contributed by atoms with E-state index >= 15 is 0 Å². The number of fused-ring (bicyclic) bond motifs is 1. The van der Waals surface area contributed by atoms with Gasteiger partial charge in [-0.25, -0.2) is 13.6 Å². The van der Waals surface area contributed by atoms with Gasteiger partial charge in [-0.05, 0) is 48.9 Å². The number of rotatable bonds is 4. The lowest BCUT2D eigenvalue weighted by molar-refractivity contribution is -0.128. The molecule has 142 valence electrons. The maximum absolute atomic E-state index is 12.9. The van der Waals surface area contributed by atoms with E-state index in [2.05, 4.69) is 15.9 Å². The van der Waals surface area contributed by atoms with E-state index < -0.39 is 10.0 Å². The molecule has 2 aromatic carbocycles. The molecule has 1 aliphatic rings. The summed E-state index contributed by atoms with van der Waals surface area (Å²) >= 11 is 3.42. The van der Waals surface area contributed by atoms with Crippen molar-refractivity contribution in [3.05, 3.63) is 63.6 Å². The average molecular weight is 451 g/mol. The summed E-state index contributed by atoms with van der Waals surface area (Å²) < 4.78 is 29.3. The summed E-state index contributed by atoms with van der Waals surface area (Å²) in [6.45, 7) is 2.08. The molecule has 27 heavy (non-hydrogen) atoms. The molecule has 3 rings (SSSR count). The zero-order valence-corrected chi connectivity index (χ0v) is 17.2. The molecule has 1 heterocycles. The van der Waals surface area contributed by atoms with E-state index in [-0.39, 0.29) is 23.5 Å². The van der Waals surface area contributed by atoms with Gasteiger partial charge in [0, 0.05) is 17.1 Å². The van der Waals surface area contributed by atoms with E-state index in [9.17, 15) is 13.2 Å². The standard InChI is InChI=1S/C19H19BrN2O4S/c1-12(13-3-6-17(7-4-13)27(21,24)25)22(2)19(23)15-9-14-10-16(20)5-8-18(14)26-11-15/h3-10,12H,11H2,1-2H3,(H2,21,24,25). The second-order valence-corrected chi connectivity index (χ2v) is 8.82. The van der Waals surface area contributed by atoms with Crippen molar-refractivity contribution < 1.29 is 17.9 Å². The number of likely N-dealkylation sites (N-methyl/N-ethyl adjacent to an activating group) is 1. The van der Waals surface area contributed by atoms with Crippen molar-refractivity contribution in [1.29, 1.82) is 0 Å². The van der Waals surface area contributed by atoms with Gasteiger partial charge < -0.3 is 9.64 Å². The molecule has 1 atom stereocenters. The van der Waals surface area contributed by atoms with Gasteiger partial charge in [0.15, 0.2) is 0 Å². The summed E-state index contributed by atoms with van der Waals surface area (Å²) in [6, 6.07) is 11.6. The van der Waals surface area contributed by atoms with Gasteiger partial charge in [-0.2, -0.15) is 0 Å². The quantitative estimate of drug-likeness (QED) is 0.774. The van der Waals surface area contributed by atoms with Crippen LogP contribution >= 0.6 is 15.9 Å². The Labute approximate surface area is 166 Å². The van der Waals surface area contributed by atoms with Gasteiger partial charge in [-0.1, -0.05) is 28.1 Å². The fraction of sp³-hybridized carbons (Fsp3) is 0.211. The Balaban J connectivity index is 1.81. The Morgan fingerprint density at radius 2 is 1.89 bits per heavy atom. The van der Waals surface area contributed by atoms with Crippen LogP contribution in [0.2, 0.25) is 0 Å². The number of amides is 1. The highest BCUT2D eigenvalue weighted by Gasteiger charge is 2.24. The van der Waals surface area contributed by atoms with E-state index in [1.54, 1.807) is 24.1 Å². The highest BCUT2D eigenvalue weighted by atomic mass is 79.9. The zero-order valence-electron chi connectivity index (χ0n) is 14.8. The number of nitrogens with two attached hydrogens (primary N) is 1. The summed E-state index contributed by atoms with van der Waals surface area (Å²) in [6.07, 6.45) is 1.83. The summed E-state index contributed by atoms with van der Waals surface area (Å²) in [5.74, 6) is 0.590. The van der Waals surface area contributed by atoms with Crippen LogP contribution < -0.4 is 9.88 Å². The zero-order chi connectivity index (χ0) is 19.8. The monoisotopic (exact) mass is 450 g/mol. The van der Waals surface area contributed by atoms with Crippen LogP contribution in [-0.2, 0) is 14.8 Å². The number of ether oxygens (including phenoxy) is 1. The van der Waals surface area contributed by atoms with E-state index in [0.717, 1.165) is 21.3 Å². The molecule has 0 aliphatic carbocycles. The van der Waals surface area contributed by atoms with Crippen LogP contribution in [0.1, 0.15) is 24.1 Å². The van der Waals surface area contributed by atoms with Crippen molar-refractivity contribution in [3.8, 4) is 5.75 Å². The molecule has 6 nitrogen and oxygen atoms in total. The van der Waals surface area contributed by atoms with Gasteiger partial charge in [-0.15, -0.1) is 0 Å². The predicted octanol–water partition coefficient (Wildman–Crippen LogP) is 3.09. The minimum atomic E-state index is -3.74. The maximum atomic E-state index is 12.9. The first-order valence-corrected chi connectivity index (χ1v) is 10.5. The van der Waals surface area contributed by atoms with Crippen molar-refractivity contribution in [2.24, 2.45) is 5.14 Å². The molecule has 0 bridgehead atoms. The number of nitrogens with zero attached hydrogens (tertiary/aromatic N) is 1. The summed E-state index contributed by atoms with van der Waals surface area (Å²) in [5, 5.41) is 5.12. The van der Waals surface area contributed by atoms with Gasteiger partial charge in [-0.3, -0.25) is 4.79 Å². The molecule has 0 spiro atoms. The Morgan fingerprint density at radius 1 is 1.22 bits per heavy atom. The van der Waals surface area contributed by atoms with E-state index in [0.29, 0.717) is 5.57 Å². The molecule has 2 N–H and O–H groups in total. The van der Waals surface area contributed by atoms with E-state index in [4.69, 9.17) is 9.88 Å². The third-order valence-corrected chi connectivity index (χ3v) is 5.97. The van der Waals surface area contributed by atoms with E-state index in [1.165, 1.54) is 12.1 Å². The molecule has 0 radical (unpaired) electrons. The first kappa shape index (κ1) is 19.6. The van der Waals surface area contributed by atoms with Gasteiger partial charge in [0.05, 0.1) is 16.5 Å². The molecule has 0 aromatic heterocycles. The van der Waals surface area contributed by atoms with Gasteiger partial charge in [0.2, 0.25) is 10.0 Å². The number of primary sulfonamides is 1. The average Bonchev–Trinajstić information content (AvgIpc) is 2.65. The number of carbonyl (C=O) groups excluding carboxylic acids is 1. The fourth-order valence-electron chi connectivity index (χ4n) is 2.83. The first-order valence-electron chi connectivity index (χ1n) is 8.19. The third-order valence-electron chi connectivity index (χ3n) is 4.55. The van der Waals surface area contributed by atoms with Crippen LogP contribution in [0.25, 0.3) is 6.08 Å². The lowest BCUT2D eigenvalue weighted by Crippen LogP contribution is -2.33. The molecule has 0 saturated heterocycles. The highest BCUT2D eigenvalue weighted by molar-refractivity contribution is 9.10. The second kappa shape index (κ2) is 7.46. The summed E-state index contributed by atoms with van der Waals surface area (Å²) in [4.78, 5) is 14.5. The van der Waals surface area contributed by atoms with Crippen LogP contribution in [0.3, 0.4) is 0 Å². The molecule has 1 amide bonds. The fourth-order valence-corrected chi connectivity index (χ4v) is 3.73. The highest BCUT2D eigenvalue weighted by Crippen LogP contribution is 2.30. The molecular weight excluding hydrogens is 432 g/mol. The van der Waals surface area contributed by atoms with Crippen molar-refractivity contribution in [2.75, 3.05) is 13.7 Å². The van der Waals surface area contributed by atoms with Crippen molar-refractivity contribution in [1.82, 2.24) is 4.90 Å². The SMILES string of the molecule is CC(c1ccc(S(N)(=O)=O)cc1)N(C)C(=O)C1=Cc2cc(Br)ccc2OC1. The van der Waals surface area contributed by atoms with Gasteiger partial charge >= 0.3 is 0 Å². The molecule has 1 unspecified atom stereocenters. The van der Waals surface area contributed by atoms with Crippen LogP contribution in [0.5, 0.6) is 5.75 Å². The molecule has 0 fully saturated rings.